The summed E-state index contributed by atoms with van der Waals surface area (Å²) in [6.45, 7) is 1.46. The van der Waals surface area contributed by atoms with Crippen LogP contribution in [-0.2, 0) is 4.74 Å². The monoisotopic (exact) mass is 300 g/mol. The molecule has 1 aliphatic heterocycles. The number of nitrogens with zero attached hydrogens (tertiary/aromatic N) is 3. The third-order valence-electron chi connectivity index (χ3n) is 3.44. The fourth-order valence-electron chi connectivity index (χ4n) is 2.30. The van der Waals surface area contributed by atoms with Gasteiger partial charge < -0.3 is 15.2 Å². The first kappa shape index (κ1) is 14.4. The molecule has 2 aromatic rings. The molecule has 7 heteroatoms. The van der Waals surface area contributed by atoms with Crippen molar-refractivity contribution in [2.45, 2.75) is 18.9 Å². The summed E-state index contributed by atoms with van der Waals surface area (Å²) in [7, 11) is 0. The molecule has 7 nitrogen and oxygen atoms in total. The zero-order valence-corrected chi connectivity index (χ0v) is 11.9. The maximum atomic E-state index is 11.0. The van der Waals surface area contributed by atoms with Gasteiger partial charge in [0.2, 0.25) is 5.95 Å². The van der Waals surface area contributed by atoms with Crippen molar-refractivity contribution >= 4 is 11.9 Å². The van der Waals surface area contributed by atoms with Crippen molar-refractivity contribution in [2.75, 3.05) is 18.5 Å². The van der Waals surface area contributed by atoms with Gasteiger partial charge in [-0.3, -0.25) is 4.98 Å². The summed E-state index contributed by atoms with van der Waals surface area (Å²) in [5, 5.41) is 12.2. The third-order valence-corrected chi connectivity index (χ3v) is 3.44. The van der Waals surface area contributed by atoms with Gasteiger partial charge in [0.25, 0.3) is 0 Å². The largest absolute Gasteiger partial charge is 0.478 e. The van der Waals surface area contributed by atoms with E-state index in [9.17, 15) is 4.79 Å². The molecule has 0 radical (unpaired) electrons. The molecule has 1 fully saturated rings. The number of carboxylic acid groups (broad SMARTS) is 1. The van der Waals surface area contributed by atoms with Crippen LogP contribution in [-0.4, -0.2) is 45.3 Å². The number of ether oxygens (including phenoxy) is 1. The minimum absolute atomic E-state index is 0.178. The number of hydrogen-bond donors (Lipinski definition) is 2. The number of rotatable bonds is 5. The van der Waals surface area contributed by atoms with Crippen molar-refractivity contribution in [3.05, 3.63) is 36.2 Å². The van der Waals surface area contributed by atoms with Crippen LogP contribution in [0.3, 0.4) is 0 Å². The molecule has 0 unspecified atom stereocenters. The van der Waals surface area contributed by atoms with Gasteiger partial charge in [0.1, 0.15) is 0 Å². The van der Waals surface area contributed by atoms with E-state index in [2.05, 4.69) is 20.3 Å². The molecule has 0 amide bonds. The predicted octanol–water partition coefficient (Wildman–Crippen LogP) is 1.83. The van der Waals surface area contributed by atoms with E-state index in [1.54, 1.807) is 12.3 Å². The highest BCUT2D eigenvalue weighted by Gasteiger charge is 2.15. The summed E-state index contributed by atoms with van der Waals surface area (Å²) in [4.78, 5) is 23.7. The average molecular weight is 300 g/mol. The van der Waals surface area contributed by atoms with Crippen LogP contribution in [0.1, 0.15) is 23.2 Å². The molecule has 0 aromatic carbocycles. The minimum Gasteiger partial charge on any atom is -0.478 e. The Morgan fingerprint density at radius 3 is 2.95 bits per heavy atom. The van der Waals surface area contributed by atoms with Crippen LogP contribution >= 0.6 is 0 Å². The van der Waals surface area contributed by atoms with E-state index < -0.39 is 5.97 Å². The first-order chi connectivity index (χ1) is 10.7. The Morgan fingerprint density at radius 1 is 1.32 bits per heavy atom. The molecule has 1 aliphatic rings. The Morgan fingerprint density at radius 2 is 2.18 bits per heavy atom. The van der Waals surface area contributed by atoms with Gasteiger partial charge in [0.05, 0.1) is 23.1 Å². The van der Waals surface area contributed by atoms with Gasteiger partial charge in [-0.25, -0.2) is 14.8 Å². The Labute approximate surface area is 127 Å². The van der Waals surface area contributed by atoms with Gasteiger partial charge in [-0.15, -0.1) is 0 Å². The summed E-state index contributed by atoms with van der Waals surface area (Å²) >= 11 is 0. The quantitative estimate of drug-likeness (QED) is 0.869. The molecular weight excluding hydrogens is 284 g/mol. The lowest BCUT2D eigenvalue weighted by Crippen LogP contribution is -2.19. The molecule has 2 N–H and O–H groups in total. The zero-order chi connectivity index (χ0) is 15.4. The highest BCUT2D eigenvalue weighted by atomic mass is 16.5. The smallest absolute Gasteiger partial charge is 0.335 e. The SMILES string of the molecule is O=C(O)c1ccnc(-c2ccnc(NC[C@H]3CCCO3)n2)c1. The second-order valence-electron chi connectivity index (χ2n) is 5.02. The van der Waals surface area contributed by atoms with Crippen LogP contribution in [0.5, 0.6) is 0 Å². The first-order valence-corrected chi connectivity index (χ1v) is 7.10. The van der Waals surface area contributed by atoms with Crippen molar-refractivity contribution in [2.24, 2.45) is 0 Å². The van der Waals surface area contributed by atoms with Gasteiger partial charge in [0.15, 0.2) is 0 Å². The topological polar surface area (TPSA) is 97.2 Å². The average Bonchev–Trinajstić information content (AvgIpc) is 3.07. The molecule has 0 spiro atoms. The van der Waals surface area contributed by atoms with E-state index in [-0.39, 0.29) is 11.7 Å². The Balaban J connectivity index is 1.75. The highest BCUT2D eigenvalue weighted by molar-refractivity contribution is 5.88. The maximum absolute atomic E-state index is 11.0. The molecule has 0 saturated carbocycles. The van der Waals surface area contributed by atoms with Gasteiger partial charge >= 0.3 is 5.97 Å². The van der Waals surface area contributed by atoms with Crippen molar-refractivity contribution in [3.8, 4) is 11.4 Å². The van der Waals surface area contributed by atoms with E-state index in [1.807, 2.05) is 0 Å². The molecule has 3 rings (SSSR count). The number of hydrogen-bond acceptors (Lipinski definition) is 6. The fraction of sp³-hybridized carbons (Fsp3) is 0.333. The van der Waals surface area contributed by atoms with Crippen molar-refractivity contribution in [3.63, 3.8) is 0 Å². The summed E-state index contributed by atoms with van der Waals surface area (Å²) in [6, 6.07) is 4.64. The Hall–Kier alpha value is -2.54. The number of nitrogens with one attached hydrogen (secondary N) is 1. The Bertz CT molecular complexity index is 671. The summed E-state index contributed by atoms with van der Waals surface area (Å²) < 4.78 is 5.54. The standard InChI is InChI=1S/C15H16N4O3/c20-14(21)10-3-5-16-13(8-10)12-4-6-17-15(19-12)18-9-11-2-1-7-22-11/h3-6,8,11H,1-2,7,9H2,(H,20,21)(H,17,18,19)/t11-/m1/s1. The molecule has 2 aromatic heterocycles. The lowest BCUT2D eigenvalue weighted by atomic mass is 10.2. The first-order valence-electron chi connectivity index (χ1n) is 7.10. The second kappa shape index (κ2) is 6.48. The number of anilines is 1. The molecule has 0 bridgehead atoms. The van der Waals surface area contributed by atoms with Gasteiger partial charge in [-0.1, -0.05) is 0 Å². The van der Waals surface area contributed by atoms with E-state index in [1.165, 1.54) is 18.3 Å². The van der Waals surface area contributed by atoms with Crippen LogP contribution in [0.2, 0.25) is 0 Å². The van der Waals surface area contributed by atoms with Gasteiger partial charge in [-0.2, -0.15) is 0 Å². The van der Waals surface area contributed by atoms with E-state index >= 15 is 0 Å². The van der Waals surface area contributed by atoms with E-state index in [0.29, 0.717) is 23.9 Å². The van der Waals surface area contributed by atoms with Crippen LogP contribution in [0.15, 0.2) is 30.6 Å². The number of aromatic nitrogens is 3. The molecule has 114 valence electrons. The molecular formula is C15H16N4O3. The minimum atomic E-state index is -0.991. The van der Waals surface area contributed by atoms with Crippen molar-refractivity contribution < 1.29 is 14.6 Å². The molecule has 1 atom stereocenters. The lowest BCUT2D eigenvalue weighted by Gasteiger charge is -2.11. The van der Waals surface area contributed by atoms with Crippen LogP contribution in [0.4, 0.5) is 5.95 Å². The van der Waals surface area contributed by atoms with Gasteiger partial charge in [0, 0.05) is 25.5 Å². The number of carbonyl (C=O) groups is 1. The number of pyridine rings is 1. The molecule has 22 heavy (non-hydrogen) atoms. The molecule has 1 saturated heterocycles. The zero-order valence-electron chi connectivity index (χ0n) is 11.9. The van der Waals surface area contributed by atoms with Crippen molar-refractivity contribution in [1.29, 1.82) is 0 Å². The maximum Gasteiger partial charge on any atom is 0.335 e. The fourth-order valence-corrected chi connectivity index (χ4v) is 2.30. The summed E-state index contributed by atoms with van der Waals surface area (Å²) in [5.41, 5.74) is 1.26. The second-order valence-corrected chi connectivity index (χ2v) is 5.02. The van der Waals surface area contributed by atoms with E-state index in [0.717, 1.165) is 19.4 Å². The normalized spacial score (nSPS) is 17.4. The van der Waals surface area contributed by atoms with Crippen LogP contribution in [0, 0.1) is 0 Å². The highest BCUT2D eigenvalue weighted by Crippen LogP contribution is 2.17. The Kier molecular flexibility index (Phi) is 4.24. The predicted molar refractivity (Wildman–Crippen MR) is 79.7 cm³/mol. The van der Waals surface area contributed by atoms with E-state index in [4.69, 9.17) is 9.84 Å². The molecule has 0 aliphatic carbocycles. The molecule has 3 heterocycles. The summed E-state index contributed by atoms with van der Waals surface area (Å²) in [6.07, 6.45) is 5.39. The number of aromatic carboxylic acids is 1. The van der Waals surface area contributed by atoms with Crippen molar-refractivity contribution in [1.82, 2.24) is 15.0 Å². The van der Waals surface area contributed by atoms with Gasteiger partial charge in [-0.05, 0) is 31.0 Å². The van der Waals surface area contributed by atoms with Crippen LogP contribution < -0.4 is 5.32 Å². The number of carboxylic acids is 1. The summed E-state index contributed by atoms with van der Waals surface area (Å²) in [5.74, 6) is -0.509. The van der Waals surface area contributed by atoms with Crippen LogP contribution in [0.25, 0.3) is 11.4 Å². The third kappa shape index (κ3) is 3.37. The lowest BCUT2D eigenvalue weighted by molar-refractivity contribution is 0.0697.